The Kier molecular flexibility index (Phi) is 2.82. The lowest BCUT2D eigenvalue weighted by atomic mass is 10.2. The van der Waals surface area contributed by atoms with Crippen molar-refractivity contribution in [1.29, 1.82) is 0 Å². The Bertz CT molecular complexity index is 491. The van der Waals surface area contributed by atoms with Crippen LogP contribution < -0.4 is 10.1 Å². The number of nitrogens with one attached hydrogen (secondary N) is 1. The zero-order valence-corrected chi connectivity index (χ0v) is 9.56. The molecule has 1 fully saturated rings. The standard InChI is InChI=1S/C12H12N2O3/c1-14-10(11(15)13-12(14)16)7-8-3-5-9(17-2)6-4-8/h3-7H,1-2H3,(H,13,15,16)/b10-7-. The highest BCUT2D eigenvalue weighted by molar-refractivity contribution is 6.13. The van der Waals surface area contributed by atoms with E-state index in [0.717, 1.165) is 11.3 Å². The van der Waals surface area contributed by atoms with Gasteiger partial charge in [0.15, 0.2) is 0 Å². The van der Waals surface area contributed by atoms with E-state index in [0.29, 0.717) is 5.70 Å². The van der Waals surface area contributed by atoms with E-state index < -0.39 is 6.03 Å². The third kappa shape index (κ3) is 2.13. The van der Waals surface area contributed by atoms with Gasteiger partial charge in [0.2, 0.25) is 0 Å². The van der Waals surface area contributed by atoms with Gasteiger partial charge in [-0.3, -0.25) is 15.0 Å². The summed E-state index contributed by atoms with van der Waals surface area (Å²) in [6.07, 6.45) is 1.65. The van der Waals surface area contributed by atoms with Crippen LogP contribution >= 0.6 is 0 Å². The van der Waals surface area contributed by atoms with Crippen LogP contribution in [0, 0.1) is 0 Å². The first-order chi connectivity index (χ1) is 8.11. The Balaban J connectivity index is 2.29. The van der Waals surface area contributed by atoms with Gasteiger partial charge >= 0.3 is 6.03 Å². The van der Waals surface area contributed by atoms with Gasteiger partial charge in [0, 0.05) is 7.05 Å². The molecule has 0 spiro atoms. The second-order valence-corrected chi connectivity index (χ2v) is 3.62. The SMILES string of the molecule is COc1ccc(/C=C2/C(=O)NC(=O)N2C)cc1. The number of hydrogen-bond donors (Lipinski definition) is 1. The second kappa shape index (κ2) is 4.29. The van der Waals surface area contributed by atoms with Crippen molar-refractivity contribution < 1.29 is 14.3 Å². The topological polar surface area (TPSA) is 58.6 Å². The molecule has 0 radical (unpaired) electrons. The molecule has 0 aromatic heterocycles. The largest absolute Gasteiger partial charge is 0.497 e. The molecule has 3 amide bonds. The molecule has 5 heteroatoms. The van der Waals surface area contributed by atoms with Crippen molar-refractivity contribution in [3.05, 3.63) is 35.5 Å². The molecule has 1 aromatic carbocycles. The number of benzene rings is 1. The predicted octanol–water partition coefficient (Wildman–Crippen LogP) is 1.22. The van der Waals surface area contributed by atoms with Crippen LogP contribution in [0.25, 0.3) is 6.08 Å². The highest BCUT2D eigenvalue weighted by Gasteiger charge is 2.29. The summed E-state index contributed by atoms with van der Waals surface area (Å²) in [6, 6.07) is 6.81. The quantitative estimate of drug-likeness (QED) is 0.616. The summed E-state index contributed by atoms with van der Waals surface area (Å²) in [7, 11) is 3.14. The fraction of sp³-hybridized carbons (Fsp3) is 0.167. The summed E-state index contributed by atoms with van der Waals surface area (Å²) in [6.45, 7) is 0. The van der Waals surface area contributed by atoms with E-state index in [9.17, 15) is 9.59 Å². The van der Waals surface area contributed by atoms with E-state index in [4.69, 9.17) is 4.74 Å². The van der Waals surface area contributed by atoms with Gasteiger partial charge < -0.3 is 4.74 Å². The fourth-order valence-corrected chi connectivity index (χ4v) is 1.53. The highest BCUT2D eigenvalue weighted by atomic mass is 16.5. The normalized spacial score (nSPS) is 17.5. The lowest BCUT2D eigenvalue weighted by Gasteiger charge is -2.06. The van der Waals surface area contributed by atoms with Crippen molar-refractivity contribution in [3.8, 4) is 5.75 Å². The molecule has 5 nitrogen and oxygen atoms in total. The van der Waals surface area contributed by atoms with Crippen LogP contribution in [0.4, 0.5) is 4.79 Å². The van der Waals surface area contributed by atoms with Gasteiger partial charge in [-0.2, -0.15) is 0 Å². The molecule has 88 valence electrons. The summed E-state index contributed by atoms with van der Waals surface area (Å²) in [4.78, 5) is 24.0. The molecule has 0 bridgehead atoms. The van der Waals surface area contributed by atoms with Crippen LogP contribution in [0.3, 0.4) is 0 Å². The zero-order chi connectivity index (χ0) is 12.4. The molecular formula is C12H12N2O3. The number of carbonyl (C=O) groups excluding carboxylic acids is 2. The maximum Gasteiger partial charge on any atom is 0.328 e. The Labute approximate surface area is 98.7 Å². The number of methoxy groups -OCH3 is 1. The van der Waals surface area contributed by atoms with Crippen molar-refractivity contribution in [2.75, 3.05) is 14.2 Å². The summed E-state index contributed by atoms with van der Waals surface area (Å²) >= 11 is 0. The molecule has 1 N–H and O–H groups in total. The minimum Gasteiger partial charge on any atom is -0.497 e. The fourth-order valence-electron chi connectivity index (χ4n) is 1.53. The van der Waals surface area contributed by atoms with Crippen LogP contribution in [0.2, 0.25) is 0 Å². The Morgan fingerprint density at radius 2 is 1.88 bits per heavy atom. The maximum atomic E-state index is 11.5. The van der Waals surface area contributed by atoms with Crippen LogP contribution in [-0.2, 0) is 4.79 Å². The Hall–Kier alpha value is -2.30. The second-order valence-electron chi connectivity index (χ2n) is 3.62. The third-order valence-corrected chi connectivity index (χ3v) is 2.54. The monoisotopic (exact) mass is 232 g/mol. The molecule has 17 heavy (non-hydrogen) atoms. The summed E-state index contributed by atoms with van der Waals surface area (Å²) < 4.78 is 5.03. The van der Waals surface area contributed by atoms with Crippen molar-refractivity contribution in [2.24, 2.45) is 0 Å². The minimum absolute atomic E-state index is 0.333. The molecule has 1 saturated heterocycles. The molecule has 2 rings (SSSR count). The van der Waals surface area contributed by atoms with Crippen LogP contribution in [0.15, 0.2) is 30.0 Å². The first-order valence-electron chi connectivity index (χ1n) is 5.06. The molecule has 0 unspecified atom stereocenters. The van der Waals surface area contributed by atoms with Crippen LogP contribution in [0.5, 0.6) is 5.75 Å². The van der Waals surface area contributed by atoms with E-state index >= 15 is 0 Å². The average Bonchev–Trinajstić information content (AvgIpc) is 2.57. The molecule has 0 aliphatic carbocycles. The lowest BCUT2D eigenvalue weighted by molar-refractivity contribution is -0.115. The number of carbonyl (C=O) groups is 2. The van der Waals surface area contributed by atoms with Gasteiger partial charge in [0.25, 0.3) is 5.91 Å². The molecule has 1 aliphatic rings. The molecule has 1 heterocycles. The van der Waals surface area contributed by atoms with E-state index in [2.05, 4.69) is 5.32 Å². The number of ether oxygens (including phenoxy) is 1. The first-order valence-corrected chi connectivity index (χ1v) is 5.06. The van der Waals surface area contributed by atoms with Crippen molar-refractivity contribution >= 4 is 18.0 Å². The van der Waals surface area contributed by atoms with E-state index in [1.54, 1.807) is 32.4 Å². The average molecular weight is 232 g/mol. The predicted molar refractivity (Wildman–Crippen MR) is 62.3 cm³/mol. The molecular weight excluding hydrogens is 220 g/mol. The molecule has 1 aliphatic heterocycles. The number of imide groups is 1. The number of rotatable bonds is 2. The number of likely N-dealkylation sites (N-methyl/N-ethyl adjacent to an activating group) is 1. The minimum atomic E-state index is -0.408. The van der Waals surface area contributed by atoms with E-state index in [1.165, 1.54) is 4.90 Å². The molecule has 1 aromatic rings. The van der Waals surface area contributed by atoms with Gasteiger partial charge in [-0.15, -0.1) is 0 Å². The van der Waals surface area contributed by atoms with Crippen molar-refractivity contribution in [3.63, 3.8) is 0 Å². The number of nitrogens with zero attached hydrogens (tertiary/aromatic N) is 1. The first kappa shape index (κ1) is 11.2. The van der Waals surface area contributed by atoms with Crippen LogP contribution in [0.1, 0.15) is 5.56 Å². The maximum absolute atomic E-state index is 11.5. The molecule has 0 atom stereocenters. The number of urea groups is 1. The van der Waals surface area contributed by atoms with Gasteiger partial charge in [0.1, 0.15) is 11.4 Å². The van der Waals surface area contributed by atoms with Crippen LogP contribution in [-0.4, -0.2) is 31.0 Å². The van der Waals surface area contributed by atoms with Gasteiger partial charge in [0.05, 0.1) is 7.11 Å². The third-order valence-electron chi connectivity index (χ3n) is 2.54. The lowest BCUT2D eigenvalue weighted by Crippen LogP contribution is -2.24. The highest BCUT2D eigenvalue weighted by Crippen LogP contribution is 2.17. The smallest absolute Gasteiger partial charge is 0.328 e. The van der Waals surface area contributed by atoms with Gasteiger partial charge in [-0.25, -0.2) is 4.79 Å². The summed E-state index contributed by atoms with van der Waals surface area (Å²) in [5.41, 5.74) is 1.16. The Morgan fingerprint density at radius 3 is 2.35 bits per heavy atom. The summed E-state index contributed by atoms with van der Waals surface area (Å²) in [5, 5.41) is 2.21. The van der Waals surface area contributed by atoms with E-state index in [1.807, 2.05) is 12.1 Å². The van der Waals surface area contributed by atoms with Gasteiger partial charge in [-0.05, 0) is 23.8 Å². The van der Waals surface area contributed by atoms with E-state index in [-0.39, 0.29) is 5.91 Å². The summed E-state index contributed by atoms with van der Waals surface area (Å²) in [5.74, 6) is 0.362. The zero-order valence-electron chi connectivity index (χ0n) is 9.56. The molecule has 0 saturated carbocycles. The van der Waals surface area contributed by atoms with Crippen molar-refractivity contribution in [2.45, 2.75) is 0 Å². The Morgan fingerprint density at radius 1 is 1.24 bits per heavy atom. The number of hydrogen-bond acceptors (Lipinski definition) is 3. The number of amides is 3. The van der Waals surface area contributed by atoms with Gasteiger partial charge in [-0.1, -0.05) is 12.1 Å². The van der Waals surface area contributed by atoms with Crippen molar-refractivity contribution in [1.82, 2.24) is 10.2 Å².